The molecule has 0 saturated carbocycles. The van der Waals surface area contributed by atoms with Crippen molar-refractivity contribution >= 4 is 28.2 Å². The summed E-state index contributed by atoms with van der Waals surface area (Å²) in [5.41, 5.74) is 0.269. The number of hydrogen-bond acceptors (Lipinski definition) is 2. The van der Waals surface area contributed by atoms with Gasteiger partial charge >= 0.3 is 0 Å². The number of pyridine rings is 1. The molecule has 56 valence electrons. The summed E-state index contributed by atoms with van der Waals surface area (Å²) in [5.74, 6) is -0.339. The monoisotopic (exact) mass is 263 g/mol. The summed E-state index contributed by atoms with van der Waals surface area (Å²) in [6.45, 7) is 0. The van der Waals surface area contributed by atoms with Crippen molar-refractivity contribution in [3.63, 3.8) is 0 Å². The topological polar surface area (TPSA) is 30.2 Å². The number of rotatable bonds is 0. The van der Waals surface area contributed by atoms with E-state index >= 15 is 0 Å². The number of nitrogens with zero attached hydrogens (tertiary/aromatic N) is 3. The normalized spacial score (nSPS) is 10.7. The standard InChI is InChI=1S/C6H3FIN3/c7-5-1-4(8)2-11-3-9-10-6(5)11/h1-3H. The van der Waals surface area contributed by atoms with Crippen molar-refractivity contribution in [2.75, 3.05) is 0 Å². The zero-order chi connectivity index (χ0) is 7.84. The Morgan fingerprint density at radius 1 is 1.55 bits per heavy atom. The van der Waals surface area contributed by atoms with Crippen LogP contribution < -0.4 is 0 Å². The highest BCUT2D eigenvalue weighted by Crippen LogP contribution is 2.10. The van der Waals surface area contributed by atoms with Crippen LogP contribution in [0, 0.1) is 9.39 Å². The van der Waals surface area contributed by atoms with E-state index in [2.05, 4.69) is 10.2 Å². The first-order chi connectivity index (χ1) is 5.27. The third-order valence-electron chi connectivity index (χ3n) is 1.31. The summed E-state index contributed by atoms with van der Waals surface area (Å²) >= 11 is 2.03. The highest BCUT2D eigenvalue weighted by molar-refractivity contribution is 14.1. The van der Waals surface area contributed by atoms with Crippen molar-refractivity contribution in [3.05, 3.63) is 28.0 Å². The molecular formula is C6H3FIN3. The number of fused-ring (bicyclic) bond motifs is 1. The fourth-order valence-corrected chi connectivity index (χ4v) is 1.44. The summed E-state index contributed by atoms with van der Waals surface area (Å²) in [6, 6.07) is 1.42. The Morgan fingerprint density at radius 3 is 3.18 bits per heavy atom. The molecule has 11 heavy (non-hydrogen) atoms. The molecule has 0 amide bonds. The molecule has 0 N–H and O–H groups in total. The van der Waals surface area contributed by atoms with Gasteiger partial charge in [-0.3, -0.25) is 4.40 Å². The van der Waals surface area contributed by atoms with Gasteiger partial charge in [-0.15, -0.1) is 10.2 Å². The molecule has 0 aliphatic rings. The number of aromatic nitrogens is 3. The SMILES string of the molecule is Fc1cc(I)cn2cnnc12. The predicted molar refractivity (Wildman–Crippen MR) is 45.7 cm³/mol. The highest BCUT2D eigenvalue weighted by Gasteiger charge is 2.02. The Bertz CT molecular complexity index is 398. The van der Waals surface area contributed by atoms with Gasteiger partial charge in [0.2, 0.25) is 0 Å². The average molecular weight is 263 g/mol. The molecule has 0 spiro atoms. The molecule has 0 aromatic carbocycles. The molecule has 2 rings (SSSR count). The Balaban J connectivity index is 2.91. The third kappa shape index (κ3) is 1.09. The minimum absolute atomic E-state index is 0.269. The molecule has 2 aromatic heterocycles. The van der Waals surface area contributed by atoms with E-state index in [1.54, 1.807) is 10.6 Å². The first kappa shape index (κ1) is 6.96. The zero-order valence-electron chi connectivity index (χ0n) is 5.33. The van der Waals surface area contributed by atoms with E-state index in [9.17, 15) is 4.39 Å². The van der Waals surface area contributed by atoms with Crippen molar-refractivity contribution < 1.29 is 4.39 Å². The molecular weight excluding hydrogens is 260 g/mol. The lowest BCUT2D eigenvalue weighted by atomic mass is 10.4. The highest BCUT2D eigenvalue weighted by atomic mass is 127. The van der Waals surface area contributed by atoms with Gasteiger partial charge in [0.1, 0.15) is 6.33 Å². The van der Waals surface area contributed by atoms with Gasteiger partial charge in [0.25, 0.3) is 0 Å². The van der Waals surface area contributed by atoms with Crippen LogP contribution in [0.1, 0.15) is 0 Å². The fraction of sp³-hybridized carbons (Fsp3) is 0. The Labute approximate surface area is 75.4 Å². The maximum absolute atomic E-state index is 13.0. The van der Waals surface area contributed by atoms with E-state index in [0.29, 0.717) is 0 Å². The fourth-order valence-electron chi connectivity index (χ4n) is 0.864. The first-order valence-electron chi connectivity index (χ1n) is 2.92. The first-order valence-corrected chi connectivity index (χ1v) is 3.99. The van der Waals surface area contributed by atoms with E-state index in [4.69, 9.17) is 0 Å². The minimum atomic E-state index is -0.339. The molecule has 0 fully saturated rings. The van der Waals surface area contributed by atoms with Crippen molar-refractivity contribution in [3.8, 4) is 0 Å². The van der Waals surface area contributed by atoms with Crippen molar-refractivity contribution in [1.29, 1.82) is 0 Å². The van der Waals surface area contributed by atoms with Gasteiger partial charge < -0.3 is 0 Å². The second-order valence-corrected chi connectivity index (χ2v) is 3.31. The van der Waals surface area contributed by atoms with Crippen molar-refractivity contribution in [2.24, 2.45) is 0 Å². The molecule has 0 radical (unpaired) electrons. The molecule has 3 nitrogen and oxygen atoms in total. The predicted octanol–water partition coefficient (Wildman–Crippen LogP) is 1.47. The van der Waals surface area contributed by atoms with Gasteiger partial charge in [-0.2, -0.15) is 0 Å². The molecule has 0 saturated heterocycles. The molecule has 0 aliphatic carbocycles. The van der Waals surface area contributed by atoms with Gasteiger partial charge in [-0.1, -0.05) is 0 Å². The number of halogens is 2. The zero-order valence-corrected chi connectivity index (χ0v) is 7.49. The molecule has 0 aliphatic heterocycles. The maximum atomic E-state index is 13.0. The van der Waals surface area contributed by atoms with Crippen LogP contribution in [-0.2, 0) is 0 Å². The lowest BCUT2D eigenvalue weighted by molar-refractivity contribution is 0.628. The minimum Gasteiger partial charge on any atom is -0.286 e. The summed E-state index contributed by atoms with van der Waals surface area (Å²) in [5, 5.41) is 7.17. The summed E-state index contributed by atoms with van der Waals surface area (Å²) < 4.78 is 15.3. The van der Waals surface area contributed by atoms with E-state index in [0.717, 1.165) is 3.57 Å². The van der Waals surface area contributed by atoms with Gasteiger partial charge in [0.05, 0.1) is 0 Å². The molecule has 0 unspecified atom stereocenters. The van der Waals surface area contributed by atoms with E-state index in [1.807, 2.05) is 22.6 Å². The molecule has 0 bridgehead atoms. The van der Waals surface area contributed by atoms with Crippen LogP contribution in [0.15, 0.2) is 18.6 Å². The van der Waals surface area contributed by atoms with Crippen LogP contribution in [0.5, 0.6) is 0 Å². The average Bonchev–Trinajstić information content (AvgIpc) is 2.34. The van der Waals surface area contributed by atoms with Gasteiger partial charge in [0.15, 0.2) is 11.5 Å². The smallest absolute Gasteiger partial charge is 0.196 e. The Kier molecular flexibility index (Phi) is 1.52. The summed E-state index contributed by atoms with van der Waals surface area (Å²) in [6.07, 6.45) is 3.24. The van der Waals surface area contributed by atoms with Crippen LogP contribution in [-0.4, -0.2) is 14.6 Å². The molecule has 5 heteroatoms. The molecule has 2 heterocycles. The number of hydrogen-bond donors (Lipinski definition) is 0. The lowest BCUT2D eigenvalue weighted by Crippen LogP contribution is -1.88. The van der Waals surface area contributed by atoms with Gasteiger partial charge in [-0.05, 0) is 28.7 Å². The summed E-state index contributed by atoms with van der Waals surface area (Å²) in [7, 11) is 0. The van der Waals surface area contributed by atoms with E-state index in [1.165, 1.54) is 12.4 Å². The molecule has 2 aromatic rings. The van der Waals surface area contributed by atoms with Crippen LogP contribution in [0.25, 0.3) is 5.65 Å². The second-order valence-electron chi connectivity index (χ2n) is 2.07. The van der Waals surface area contributed by atoms with Crippen molar-refractivity contribution in [2.45, 2.75) is 0 Å². The van der Waals surface area contributed by atoms with E-state index in [-0.39, 0.29) is 11.5 Å². The van der Waals surface area contributed by atoms with Crippen molar-refractivity contribution in [1.82, 2.24) is 14.6 Å². The molecule has 0 atom stereocenters. The van der Waals surface area contributed by atoms with Crippen LogP contribution in [0.4, 0.5) is 4.39 Å². The van der Waals surface area contributed by atoms with Crippen LogP contribution in [0.3, 0.4) is 0 Å². The Morgan fingerprint density at radius 2 is 2.36 bits per heavy atom. The second kappa shape index (κ2) is 2.40. The quantitative estimate of drug-likeness (QED) is 0.674. The Hall–Kier alpha value is -0.720. The van der Waals surface area contributed by atoms with Gasteiger partial charge in [0, 0.05) is 9.77 Å². The largest absolute Gasteiger partial charge is 0.286 e. The van der Waals surface area contributed by atoms with Crippen LogP contribution in [0.2, 0.25) is 0 Å². The lowest BCUT2D eigenvalue weighted by Gasteiger charge is -1.93. The third-order valence-corrected chi connectivity index (χ3v) is 1.90. The van der Waals surface area contributed by atoms with E-state index < -0.39 is 0 Å². The van der Waals surface area contributed by atoms with Gasteiger partial charge in [-0.25, -0.2) is 4.39 Å². The maximum Gasteiger partial charge on any atom is 0.196 e. The summed E-state index contributed by atoms with van der Waals surface area (Å²) in [4.78, 5) is 0. The van der Waals surface area contributed by atoms with Crippen LogP contribution >= 0.6 is 22.6 Å².